The highest BCUT2D eigenvalue weighted by atomic mass is 32.2. The number of methoxy groups -OCH3 is 1. The molecule has 0 spiro atoms. The van der Waals surface area contributed by atoms with Crippen LogP contribution in [0, 0.1) is 6.92 Å². The van der Waals surface area contributed by atoms with Crippen LogP contribution in [0.25, 0.3) is 6.08 Å². The number of aliphatic carboxylic acids is 1. The second-order valence-corrected chi connectivity index (χ2v) is 7.77. The summed E-state index contributed by atoms with van der Waals surface area (Å²) >= 11 is 1.15. The number of nitrogens with zero attached hydrogens (tertiary/aromatic N) is 1. The zero-order valence-corrected chi connectivity index (χ0v) is 18.0. The van der Waals surface area contributed by atoms with E-state index < -0.39 is 12.1 Å². The maximum absolute atomic E-state index is 12.3. The van der Waals surface area contributed by atoms with Crippen LogP contribution in [0.4, 0.5) is 5.69 Å². The Balaban J connectivity index is 1.83. The van der Waals surface area contributed by atoms with Gasteiger partial charge >= 0.3 is 5.97 Å². The summed E-state index contributed by atoms with van der Waals surface area (Å²) in [6, 6.07) is 10.0. The van der Waals surface area contributed by atoms with Crippen LogP contribution in [-0.4, -0.2) is 40.5 Å². The highest BCUT2D eigenvalue weighted by molar-refractivity contribution is 8.18. The number of carbonyl (C=O) groups is 2. The zero-order valence-electron chi connectivity index (χ0n) is 17.2. The fourth-order valence-corrected chi connectivity index (χ4v) is 3.63. The molecule has 0 bridgehead atoms. The molecule has 3 N–H and O–H groups in total. The second kappa shape index (κ2) is 9.57. The van der Waals surface area contributed by atoms with E-state index in [0.29, 0.717) is 39.2 Å². The molecule has 2 aromatic rings. The lowest BCUT2D eigenvalue weighted by molar-refractivity contribution is -0.145. The molecule has 1 unspecified atom stereocenters. The van der Waals surface area contributed by atoms with Gasteiger partial charge in [-0.05, 0) is 66.6 Å². The summed E-state index contributed by atoms with van der Waals surface area (Å²) in [5.74, 6) is -0.679. The predicted octanol–water partition coefficient (Wildman–Crippen LogP) is 3.84. The Bertz CT molecular complexity index is 1080. The first-order valence-corrected chi connectivity index (χ1v) is 10.3. The van der Waals surface area contributed by atoms with E-state index in [1.165, 1.54) is 7.11 Å². The number of carboxylic acid groups (broad SMARTS) is 1. The summed E-state index contributed by atoms with van der Waals surface area (Å²) < 4.78 is 10.8. The topological polar surface area (TPSA) is 117 Å². The number of phenolic OH excluding ortho intramolecular Hbond substituents is 1. The van der Waals surface area contributed by atoms with Crippen LogP contribution in [0.1, 0.15) is 24.5 Å². The first-order valence-electron chi connectivity index (χ1n) is 9.47. The Morgan fingerprint density at radius 3 is 2.71 bits per heavy atom. The van der Waals surface area contributed by atoms with Crippen LogP contribution in [0.3, 0.4) is 0 Å². The molecule has 0 aliphatic carbocycles. The molecule has 31 heavy (non-hydrogen) atoms. The molecular weight excluding hydrogens is 420 g/mol. The average molecular weight is 442 g/mol. The first-order chi connectivity index (χ1) is 14.8. The van der Waals surface area contributed by atoms with Gasteiger partial charge in [0.15, 0.2) is 22.8 Å². The molecule has 1 heterocycles. The largest absolute Gasteiger partial charge is 0.506 e. The normalized spacial score (nSPS) is 16.9. The van der Waals surface area contributed by atoms with E-state index in [0.717, 1.165) is 17.3 Å². The maximum atomic E-state index is 12.3. The number of ether oxygens (including phenoxy) is 2. The van der Waals surface area contributed by atoms with Crippen LogP contribution < -0.4 is 14.8 Å². The quantitative estimate of drug-likeness (QED) is 0.558. The van der Waals surface area contributed by atoms with Gasteiger partial charge in [0.25, 0.3) is 5.91 Å². The molecule has 1 atom stereocenters. The number of nitrogens with one attached hydrogen (secondary N) is 1. The number of hydrogen-bond donors (Lipinski definition) is 3. The van der Waals surface area contributed by atoms with Gasteiger partial charge in [-0.1, -0.05) is 19.1 Å². The number of phenols is 1. The number of aryl methyl sites for hydroxylation is 1. The van der Waals surface area contributed by atoms with E-state index in [-0.39, 0.29) is 11.7 Å². The van der Waals surface area contributed by atoms with Crippen molar-refractivity contribution >= 4 is 40.6 Å². The number of aliphatic imine (C=N–C) groups is 1. The Kier molecular flexibility index (Phi) is 6.86. The first kappa shape index (κ1) is 22.2. The lowest BCUT2D eigenvalue weighted by Gasteiger charge is -2.16. The Morgan fingerprint density at radius 2 is 2.03 bits per heavy atom. The zero-order chi connectivity index (χ0) is 22.5. The molecular formula is C22H22N2O6S. The number of amidine groups is 1. The van der Waals surface area contributed by atoms with Gasteiger partial charge < -0.3 is 25.0 Å². The van der Waals surface area contributed by atoms with Crippen molar-refractivity contribution in [1.29, 1.82) is 0 Å². The smallest absolute Gasteiger partial charge is 0.344 e. The molecule has 2 aromatic carbocycles. The molecule has 1 aliphatic rings. The Labute approximate surface area is 183 Å². The summed E-state index contributed by atoms with van der Waals surface area (Å²) in [5, 5.41) is 22.2. The van der Waals surface area contributed by atoms with Gasteiger partial charge in [0.05, 0.1) is 12.0 Å². The van der Waals surface area contributed by atoms with Gasteiger partial charge in [-0.25, -0.2) is 9.79 Å². The SMILES string of the molecule is CCC(Oc1ccc(/C=C2/SC(=Nc3cc(C)ccc3O)NC2=O)cc1OC)C(=O)O. The van der Waals surface area contributed by atoms with E-state index in [1.54, 1.807) is 49.4 Å². The van der Waals surface area contributed by atoms with Crippen molar-refractivity contribution < 1.29 is 29.3 Å². The predicted molar refractivity (Wildman–Crippen MR) is 119 cm³/mol. The standard InChI is InChI=1S/C22H22N2O6S/c1-4-16(21(27)28)30-17-8-6-13(10-18(17)29-3)11-19-20(26)24-22(31-19)23-14-9-12(2)5-7-15(14)25/h5-11,16,25H,4H2,1-3H3,(H,27,28)(H,23,24,26)/b19-11+. The van der Waals surface area contributed by atoms with Crippen molar-refractivity contribution in [2.75, 3.05) is 7.11 Å². The number of hydrogen-bond acceptors (Lipinski definition) is 7. The third-order valence-corrected chi connectivity index (χ3v) is 5.31. The van der Waals surface area contributed by atoms with Gasteiger partial charge in [0, 0.05) is 0 Å². The number of rotatable bonds is 7. The summed E-state index contributed by atoms with van der Waals surface area (Å²) in [6.07, 6.45) is 0.991. The molecule has 162 valence electrons. The van der Waals surface area contributed by atoms with Crippen LogP contribution in [-0.2, 0) is 9.59 Å². The highest BCUT2D eigenvalue weighted by Crippen LogP contribution is 2.34. The third-order valence-electron chi connectivity index (χ3n) is 4.40. The van der Waals surface area contributed by atoms with Gasteiger partial charge in [0.1, 0.15) is 11.4 Å². The average Bonchev–Trinajstić information content (AvgIpc) is 3.07. The number of carboxylic acids is 1. The molecule has 1 aliphatic heterocycles. The minimum Gasteiger partial charge on any atom is -0.506 e. The van der Waals surface area contributed by atoms with Crippen LogP contribution in [0.5, 0.6) is 17.2 Å². The van der Waals surface area contributed by atoms with E-state index in [2.05, 4.69) is 10.3 Å². The Morgan fingerprint density at radius 1 is 1.26 bits per heavy atom. The molecule has 9 heteroatoms. The summed E-state index contributed by atoms with van der Waals surface area (Å²) in [5.41, 5.74) is 1.98. The third kappa shape index (κ3) is 5.37. The van der Waals surface area contributed by atoms with Gasteiger partial charge in [-0.2, -0.15) is 0 Å². The molecule has 0 radical (unpaired) electrons. The molecule has 1 saturated heterocycles. The fourth-order valence-electron chi connectivity index (χ4n) is 2.80. The number of thioether (sulfide) groups is 1. The number of amides is 1. The van der Waals surface area contributed by atoms with Crippen molar-refractivity contribution in [2.24, 2.45) is 4.99 Å². The fraction of sp³-hybridized carbons (Fsp3) is 0.227. The van der Waals surface area contributed by atoms with Gasteiger partial charge in [0.2, 0.25) is 0 Å². The second-order valence-electron chi connectivity index (χ2n) is 6.74. The van der Waals surface area contributed by atoms with Crippen molar-refractivity contribution in [3.05, 3.63) is 52.4 Å². The van der Waals surface area contributed by atoms with Gasteiger partial charge in [-0.15, -0.1) is 0 Å². The summed E-state index contributed by atoms with van der Waals surface area (Å²) in [7, 11) is 1.46. The van der Waals surface area contributed by atoms with Crippen LogP contribution in [0.15, 0.2) is 46.3 Å². The number of aromatic hydroxyl groups is 1. The van der Waals surface area contributed by atoms with E-state index in [4.69, 9.17) is 9.47 Å². The Hall–Kier alpha value is -3.46. The van der Waals surface area contributed by atoms with E-state index >= 15 is 0 Å². The molecule has 1 amide bonds. The molecule has 0 aromatic heterocycles. The maximum Gasteiger partial charge on any atom is 0.344 e. The van der Waals surface area contributed by atoms with Crippen LogP contribution in [0.2, 0.25) is 0 Å². The van der Waals surface area contributed by atoms with Crippen molar-refractivity contribution in [2.45, 2.75) is 26.4 Å². The summed E-state index contributed by atoms with van der Waals surface area (Å²) in [4.78, 5) is 28.3. The molecule has 1 fully saturated rings. The van der Waals surface area contributed by atoms with E-state index in [1.807, 2.05) is 6.92 Å². The monoisotopic (exact) mass is 442 g/mol. The molecule has 3 rings (SSSR count). The molecule has 0 saturated carbocycles. The minimum atomic E-state index is -1.05. The lowest BCUT2D eigenvalue weighted by atomic mass is 10.1. The minimum absolute atomic E-state index is 0.0254. The van der Waals surface area contributed by atoms with Crippen molar-refractivity contribution in [3.8, 4) is 17.2 Å². The molecule has 8 nitrogen and oxygen atoms in total. The van der Waals surface area contributed by atoms with Crippen molar-refractivity contribution in [1.82, 2.24) is 5.32 Å². The summed E-state index contributed by atoms with van der Waals surface area (Å²) in [6.45, 7) is 3.60. The van der Waals surface area contributed by atoms with E-state index in [9.17, 15) is 19.8 Å². The highest BCUT2D eigenvalue weighted by Gasteiger charge is 2.25. The van der Waals surface area contributed by atoms with Gasteiger partial charge in [-0.3, -0.25) is 4.79 Å². The number of carbonyl (C=O) groups excluding carboxylic acids is 1. The van der Waals surface area contributed by atoms with Crippen molar-refractivity contribution in [3.63, 3.8) is 0 Å². The lowest BCUT2D eigenvalue weighted by Crippen LogP contribution is -2.26. The van der Waals surface area contributed by atoms with Crippen LogP contribution >= 0.6 is 11.8 Å². The number of benzene rings is 2.